The minimum absolute atomic E-state index is 1.07. The van der Waals surface area contributed by atoms with E-state index in [1.807, 2.05) is 30.8 Å². The lowest BCUT2D eigenvalue weighted by molar-refractivity contribution is 0.880. The number of fused-ring (bicyclic) bond motifs is 1. The highest BCUT2D eigenvalue weighted by atomic mass is 15.2. The van der Waals surface area contributed by atoms with Crippen LogP contribution in [0, 0.1) is 20.8 Å². The Morgan fingerprint density at radius 3 is 2.58 bits per heavy atom. The summed E-state index contributed by atoms with van der Waals surface area (Å²) in [4.78, 5) is 4.13. The first-order chi connectivity index (χ1) is 5.70. The van der Waals surface area contributed by atoms with E-state index < -0.39 is 0 Å². The smallest absolute Gasteiger partial charge is 0.0879 e. The molecule has 62 valence electrons. The van der Waals surface area contributed by atoms with Gasteiger partial charge in [-0.3, -0.25) is 4.98 Å². The maximum absolute atomic E-state index is 4.39. The molecule has 2 heterocycles. The highest BCUT2D eigenvalue weighted by Gasteiger charge is 2.05. The average Bonchev–Trinajstić information content (AvgIpc) is 2.32. The summed E-state index contributed by atoms with van der Waals surface area (Å²) < 4.78 is 1.93. The largest absolute Gasteiger partial charge is 0.261 e. The van der Waals surface area contributed by atoms with Gasteiger partial charge in [0.05, 0.1) is 23.1 Å². The van der Waals surface area contributed by atoms with Gasteiger partial charge >= 0.3 is 0 Å². The molecule has 0 saturated heterocycles. The third kappa shape index (κ3) is 0.826. The van der Waals surface area contributed by atoms with Crippen molar-refractivity contribution in [1.29, 1.82) is 0 Å². The zero-order valence-corrected chi connectivity index (χ0v) is 7.50. The van der Waals surface area contributed by atoms with Crippen LogP contribution in [-0.4, -0.2) is 14.6 Å². The lowest BCUT2D eigenvalue weighted by Gasteiger charge is -1.95. The topological polar surface area (TPSA) is 30.2 Å². The van der Waals surface area contributed by atoms with Crippen LogP contribution in [0.15, 0.2) is 12.4 Å². The van der Waals surface area contributed by atoms with Gasteiger partial charge in [-0.25, -0.2) is 4.52 Å². The standard InChI is InChI=1S/C9H11N3/c1-6-4-10-5-9-7(2)8(3)11-12(6)9/h4-5H,1-3H3. The predicted octanol–water partition coefficient (Wildman–Crippen LogP) is 1.65. The monoisotopic (exact) mass is 161 g/mol. The number of aryl methyl sites for hydroxylation is 3. The highest BCUT2D eigenvalue weighted by Crippen LogP contribution is 2.13. The van der Waals surface area contributed by atoms with E-state index in [1.54, 1.807) is 0 Å². The summed E-state index contributed by atoms with van der Waals surface area (Å²) in [5, 5.41) is 4.39. The molecule has 0 N–H and O–H groups in total. The summed E-state index contributed by atoms with van der Waals surface area (Å²) in [5.41, 5.74) is 4.47. The van der Waals surface area contributed by atoms with E-state index in [9.17, 15) is 0 Å². The molecule has 3 heteroatoms. The molecule has 0 atom stereocenters. The van der Waals surface area contributed by atoms with Crippen LogP contribution in [0.25, 0.3) is 5.52 Å². The number of rotatable bonds is 0. The second-order valence-corrected chi connectivity index (χ2v) is 3.06. The lowest BCUT2D eigenvalue weighted by Crippen LogP contribution is -1.93. The van der Waals surface area contributed by atoms with Gasteiger partial charge in [-0.1, -0.05) is 0 Å². The molecule has 0 aliphatic heterocycles. The first-order valence-corrected chi connectivity index (χ1v) is 3.96. The predicted molar refractivity (Wildman–Crippen MR) is 47.2 cm³/mol. The van der Waals surface area contributed by atoms with E-state index in [1.165, 1.54) is 5.56 Å². The molecule has 2 rings (SSSR count). The molecule has 0 aromatic carbocycles. The van der Waals surface area contributed by atoms with Crippen molar-refractivity contribution < 1.29 is 0 Å². The maximum atomic E-state index is 4.39. The van der Waals surface area contributed by atoms with E-state index in [0.29, 0.717) is 0 Å². The molecule has 0 aliphatic rings. The van der Waals surface area contributed by atoms with Crippen LogP contribution in [0.2, 0.25) is 0 Å². The fourth-order valence-electron chi connectivity index (χ4n) is 1.31. The van der Waals surface area contributed by atoms with E-state index >= 15 is 0 Å². The fourth-order valence-corrected chi connectivity index (χ4v) is 1.31. The maximum Gasteiger partial charge on any atom is 0.0879 e. The van der Waals surface area contributed by atoms with Gasteiger partial charge in [0, 0.05) is 6.20 Å². The van der Waals surface area contributed by atoms with Crippen LogP contribution in [0.5, 0.6) is 0 Å². The summed E-state index contributed by atoms with van der Waals surface area (Å²) in [6, 6.07) is 0. The summed E-state index contributed by atoms with van der Waals surface area (Å²) in [7, 11) is 0. The van der Waals surface area contributed by atoms with Crippen LogP contribution < -0.4 is 0 Å². The van der Waals surface area contributed by atoms with Gasteiger partial charge in [-0.15, -0.1) is 0 Å². The number of nitrogens with zero attached hydrogens (tertiary/aromatic N) is 3. The Labute approximate surface area is 71.1 Å². The van der Waals surface area contributed by atoms with E-state index in [2.05, 4.69) is 17.0 Å². The minimum atomic E-state index is 1.07. The van der Waals surface area contributed by atoms with Crippen molar-refractivity contribution in [2.75, 3.05) is 0 Å². The summed E-state index contributed by atoms with van der Waals surface area (Å²) in [5.74, 6) is 0. The minimum Gasteiger partial charge on any atom is -0.261 e. The van der Waals surface area contributed by atoms with Gasteiger partial charge in [0.1, 0.15) is 0 Å². The van der Waals surface area contributed by atoms with Crippen molar-refractivity contribution in [2.24, 2.45) is 0 Å². The van der Waals surface area contributed by atoms with Crippen molar-refractivity contribution in [2.45, 2.75) is 20.8 Å². The lowest BCUT2D eigenvalue weighted by atomic mass is 10.2. The molecule has 0 bridgehead atoms. The van der Waals surface area contributed by atoms with Crippen LogP contribution in [-0.2, 0) is 0 Å². The summed E-state index contributed by atoms with van der Waals surface area (Å²) in [6.07, 6.45) is 3.67. The SMILES string of the molecule is Cc1nn2c(C)cncc2c1C. The number of hydrogen-bond acceptors (Lipinski definition) is 2. The van der Waals surface area contributed by atoms with Crippen LogP contribution in [0.3, 0.4) is 0 Å². The zero-order valence-electron chi connectivity index (χ0n) is 7.50. The normalized spacial score (nSPS) is 10.9. The Bertz CT molecular complexity index is 429. The van der Waals surface area contributed by atoms with Crippen LogP contribution in [0.4, 0.5) is 0 Å². The summed E-state index contributed by atoms with van der Waals surface area (Å²) in [6.45, 7) is 6.09. The molecule has 2 aromatic heterocycles. The quantitative estimate of drug-likeness (QED) is 0.588. The van der Waals surface area contributed by atoms with Gasteiger partial charge in [-0.05, 0) is 26.3 Å². The van der Waals surface area contributed by atoms with E-state index in [-0.39, 0.29) is 0 Å². The first-order valence-electron chi connectivity index (χ1n) is 3.96. The Morgan fingerprint density at radius 2 is 1.92 bits per heavy atom. The van der Waals surface area contributed by atoms with E-state index in [4.69, 9.17) is 0 Å². The molecule has 12 heavy (non-hydrogen) atoms. The molecule has 0 radical (unpaired) electrons. The number of hydrogen-bond donors (Lipinski definition) is 0. The molecular formula is C9H11N3. The van der Waals surface area contributed by atoms with Crippen LogP contribution in [0.1, 0.15) is 17.0 Å². The van der Waals surface area contributed by atoms with Gasteiger partial charge in [-0.2, -0.15) is 5.10 Å². The Hall–Kier alpha value is -1.38. The van der Waals surface area contributed by atoms with Crippen molar-refractivity contribution in [3.63, 3.8) is 0 Å². The molecule has 0 aliphatic carbocycles. The summed E-state index contributed by atoms with van der Waals surface area (Å²) >= 11 is 0. The average molecular weight is 161 g/mol. The second kappa shape index (κ2) is 2.30. The molecule has 3 nitrogen and oxygen atoms in total. The van der Waals surface area contributed by atoms with Crippen molar-refractivity contribution in [3.05, 3.63) is 29.3 Å². The van der Waals surface area contributed by atoms with Crippen LogP contribution >= 0.6 is 0 Å². The molecule has 0 fully saturated rings. The van der Waals surface area contributed by atoms with Gasteiger partial charge in [0.25, 0.3) is 0 Å². The van der Waals surface area contributed by atoms with E-state index in [0.717, 1.165) is 16.9 Å². The molecule has 2 aromatic rings. The second-order valence-electron chi connectivity index (χ2n) is 3.06. The van der Waals surface area contributed by atoms with Gasteiger partial charge in [0.2, 0.25) is 0 Å². The van der Waals surface area contributed by atoms with Crippen molar-refractivity contribution in [1.82, 2.24) is 14.6 Å². The van der Waals surface area contributed by atoms with Gasteiger partial charge in [0.15, 0.2) is 0 Å². The molecule has 0 saturated carbocycles. The third-order valence-corrected chi connectivity index (χ3v) is 2.20. The van der Waals surface area contributed by atoms with Crippen molar-refractivity contribution in [3.8, 4) is 0 Å². The Morgan fingerprint density at radius 1 is 1.17 bits per heavy atom. The Balaban J connectivity index is 2.95. The number of aromatic nitrogens is 3. The fraction of sp³-hybridized carbons (Fsp3) is 0.333. The Kier molecular flexibility index (Phi) is 1.40. The highest BCUT2D eigenvalue weighted by molar-refractivity contribution is 5.54. The van der Waals surface area contributed by atoms with Gasteiger partial charge < -0.3 is 0 Å². The molecule has 0 spiro atoms. The molecule has 0 unspecified atom stereocenters. The van der Waals surface area contributed by atoms with Crippen molar-refractivity contribution >= 4 is 5.52 Å². The molecule has 0 amide bonds. The first kappa shape index (κ1) is 7.28. The molecular weight excluding hydrogens is 150 g/mol. The zero-order chi connectivity index (χ0) is 8.72. The third-order valence-electron chi connectivity index (χ3n) is 2.20.